The van der Waals surface area contributed by atoms with Gasteiger partial charge >= 0.3 is 0 Å². The molecule has 2 rings (SSSR count). The molecule has 0 aromatic carbocycles. The fourth-order valence-corrected chi connectivity index (χ4v) is 3.29. The van der Waals surface area contributed by atoms with E-state index >= 15 is 0 Å². The fourth-order valence-electron chi connectivity index (χ4n) is 3.29. The van der Waals surface area contributed by atoms with Crippen LogP contribution in [0.3, 0.4) is 0 Å². The summed E-state index contributed by atoms with van der Waals surface area (Å²) in [7, 11) is 1.88. The molecule has 0 bridgehead atoms. The lowest BCUT2D eigenvalue weighted by Gasteiger charge is -2.40. The van der Waals surface area contributed by atoms with Crippen LogP contribution in [0.25, 0.3) is 0 Å². The van der Waals surface area contributed by atoms with Crippen molar-refractivity contribution in [3.05, 3.63) is 11.4 Å². The van der Waals surface area contributed by atoms with Crippen molar-refractivity contribution in [2.24, 2.45) is 5.92 Å². The molecule has 1 saturated carbocycles. The van der Waals surface area contributed by atoms with E-state index in [1.165, 1.54) is 6.42 Å². The highest BCUT2D eigenvalue weighted by Gasteiger charge is 2.35. The molecule has 1 aliphatic carbocycles. The lowest BCUT2D eigenvalue weighted by atomic mass is 9.77. The van der Waals surface area contributed by atoms with E-state index in [4.69, 9.17) is 0 Å². The van der Waals surface area contributed by atoms with E-state index in [1.807, 2.05) is 14.0 Å². The second kappa shape index (κ2) is 6.60. The van der Waals surface area contributed by atoms with Crippen LogP contribution in [0, 0.1) is 12.8 Å². The van der Waals surface area contributed by atoms with Gasteiger partial charge in [0.2, 0.25) is 0 Å². The molecule has 0 spiro atoms. The van der Waals surface area contributed by atoms with Crippen LogP contribution in [-0.2, 0) is 6.42 Å². The summed E-state index contributed by atoms with van der Waals surface area (Å²) < 4.78 is 0. The largest absolute Gasteiger partial charge is 0.394 e. The van der Waals surface area contributed by atoms with Crippen molar-refractivity contribution in [3.63, 3.8) is 0 Å². The molecule has 1 fully saturated rings. The van der Waals surface area contributed by atoms with Gasteiger partial charge < -0.3 is 15.7 Å². The summed E-state index contributed by atoms with van der Waals surface area (Å²) in [6.07, 6.45) is 5.18. The second-order valence-electron chi connectivity index (χ2n) is 6.33. The maximum absolute atomic E-state index is 9.94. The summed E-state index contributed by atoms with van der Waals surface area (Å²) in [4.78, 5) is 9.14. The predicted octanol–water partition coefficient (Wildman–Crippen LogP) is 2.74. The topological polar surface area (TPSA) is 70.1 Å². The number of aliphatic hydroxyl groups excluding tert-OH is 1. The Balaban J connectivity index is 2.32. The molecule has 0 aliphatic heterocycles. The molecule has 0 radical (unpaired) electrons. The number of hydrogen-bond donors (Lipinski definition) is 3. The van der Waals surface area contributed by atoms with Crippen molar-refractivity contribution in [3.8, 4) is 0 Å². The van der Waals surface area contributed by atoms with E-state index in [1.54, 1.807) is 0 Å². The quantitative estimate of drug-likeness (QED) is 0.778. The van der Waals surface area contributed by atoms with Crippen LogP contribution in [0.1, 0.15) is 50.9 Å². The van der Waals surface area contributed by atoms with Crippen molar-refractivity contribution >= 4 is 11.6 Å². The van der Waals surface area contributed by atoms with Crippen LogP contribution in [0.15, 0.2) is 0 Å². The highest BCUT2D eigenvalue weighted by atomic mass is 16.3. The smallest absolute Gasteiger partial charge is 0.135 e. The number of anilines is 2. The van der Waals surface area contributed by atoms with Crippen molar-refractivity contribution in [1.29, 1.82) is 0 Å². The Bertz CT molecular complexity index is 491. The zero-order valence-corrected chi connectivity index (χ0v) is 13.7. The number of hydrogen-bond acceptors (Lipinski definition) is 5. The monoisotopic (exact) mass is 292 g/mol. The summed E-state index contributed by atoms with van der Waals surface area (Å²) in [6.45, 7) is 6.48. The van der Waals surface area contributed by atoms with E-state index < -0.39 is 0 Å². The number of aliphatic hydroxyl groups is 1. The van der Waals surface area contributed by atoms with Crippen LogP contribution in [-0.4, -0.2) is 34.3 Å². The van der Waals surface area contributed by atoms with Crippen molar-refractivity contribution in [2.45, 2.75) is 58.4 Å². The van der Waals surface area contributed by atoms with Crippen LogP contribution in [0.4, 0.5) is 11.6 Å². The van der Waals surface area contributed by atoms with Crippen LogP contribution in [0.5, 0.6) is 0 Å². The minimum absolute atomic E-state index is 0.150. The van der Waals surface area contributed by atoms with Crippen LogP contribution in [0.2, 0.25) is 0 Å². The Morgan fingerprint density at radius 3 is 2.62 bits per heavy atom. The highest BCUT2D eigenvalue weighted by molar-refractivity contribution is 5.58. The second-order valence-corrected chi connectivity index (χ2v) is 6.33. The van der Waals surface area contributed by atoms with E-state index in [2.05, 4.69) is 34.4 Å². The normalized spacial score (nSPS) is 25.7. The summed E-state index contributed by atoms with van der Waals surface area (Å²) in [5.74, 6) is 3.18. The summed E-state index contributed by atoms with van der Waals surface area (Å²) in [6, 6.07) is 0. The van der Waals surface area contributed by atoms with Gasteiger partial charge in [-0.15, -0.1) is 0 Å². The average Bonchev–Trinajstić information content (AvgIpc) is 2.49. The van der Waals surface area contributed by atoms with Gasteiger partial charge in [-0.25, -0.2) is 9.97 Å². The maximum atomic E-state index is 9.94. The van der Waals surface area contributed by atoms with Gasteiger partial charge in [0.15, 0.2) is 0 Å². The van der Waals surface area contributed by atoms with Crippen molar-refractivity contribution in [1.82, 2.24) is 9.97 Å². The van der Waals surface area contributed by atoms with E-state index in [0.29, 0.717) is 5.92 Å². The molecule has 118 valence electrons. The highest BCUT2D eigenvalue weighted by Crippen LogP contribution is 2.35. The Kier molecular flexibility index (Phi) is 5.04. The molecule has 0 saturated heterocycles. The lowest BCUT2D eigenvalue weighted by Crippen LogP contribution is -2.46. The van der Waals surface area contributed by atoms with Gasteiger partial charge in [0, 0.05) is 19.0 Å². The van der Waals surface area contributed by atoms with E-state index in [0.717, 1.165) is 48.7 Å². The molecule has 5 heteroatoms. The molecular weight excluding hydrogens is 264 g/mol. The Morgan fingerprint density at radius 1 is 1.33 bits per heavy atom. The fraction of sp³-hybridized carbons (Fsp3) is 0.750. The molecule has 1 aromatic heterocycles. The minimum Gasteiger partial charge on any atom is -0.394 e. The van der Waals surface area contributed by atoms with E-state index in [-0.39, 0.29) is 12.1 Å². The first-order valence-corrected chi connectivity index (χ1v) is 7.98. The van der Waals surface area contributed by atoms with Gasteiger partial charge in [-0.3, -0.25) is 0 Å². The SMILES string of the molecule is CCc1nc(NC)c(C)c(NC2(CO)CCCC(C)C2)n1. The first-order valence-electron chi connectivity index (χ1n) is 7.98. The third-order valence-electron chi connectivity index (χ3n) is 4.52. The van der Waals surface area contributed by atoms with Crippen LogP contribution >= 0.6 is 0 Å². The number of nitrogens with one attached hydrogen (secondary N) is 2. The Labute approximate surface area is 127 Å². The van der Waals surface area contributed by atoms with Gasteiger partial charge in [-0.05, 0) is 25.7 Å². The van der Waals surface area contributed by atoms with Gasteiger partial charge in [-0.2, -0.15) is 0 Å². The average molecular weight is 292 g/mol. The molecule has 21 heavy (non-hydrogen) atoms. The van der Waals surface area contributed by atoms with Gasteiger partial charge in [0.1, 0.15) is 17.5 Å². The van der Waals surface area contributed by atoms with E-state index in [9.17, 15) is 5.11 Å². The number of nitrogens with zero attached hydrogens (tertiary/aromatic N) is 2. The zero-order valence-electron chi connectivity index (χ0n) is 13.7. The van der Waals surface area contributed by atoms with Crippen LogP contribution < -0.4 is 10.6 Å². The zero-order chi connectivity index (χ0) is 15.5. The predicted molar refractivity (Wildman–Crippen MR) is 86.8 cm³/mol. The number of rotatable bonds is 5. The third-order valence-corrected chi connectivity index (χ3v) is 4.52. The molecule has 2 atom stereocenters. The first kappa shape index (κ1) is 16.0. The molecule has 1 heterocycles. The summed E-state index contributed by atoms with van der Waals surface area (Å²) in [5, 5.41) is 16.6. The summed E-state index contributed by atoms with van der Waals surface area (Å²) in [5.41, 5.74) is 0.771. The Morgan fingerprint density at radius 2 is 2.05 bits per heavy atom. The molecule has 5 nitrogen and oxygen atoms in total. The molecular formula is C16H28N4O. The number of aromatic nitrogens is 2. The summed E-state index contributed by atoms with van der Waals surface area (Å²) >= 11 is 0. The number of aryl methyl sites for hydroxylation is 1. The molecule has 0 amide bonds. The molecule has 2 unspecified atom stereocenters. The van der Waals surface area contributed by atoms with Gasteiger partial charge in [0.25, 0.3) is 0 Å². The Hall–Kier alpha value is -1.36. The van der Waals surface area contributed by atoms with Crippen molar-refractivity contribution < 1.29 is 5.11 Å². The van der Waals surface area contributed by atoms with Gasteiger partial charge in [0.05, 0.1) is 12.1 Å². The molecule has 1 aliphatic rings. The third kappa shape index (κ3) is 3.46. The lowest BCUT2D eigenvalue weighted by molar-refractivity contribution is 0.149. The standard InChI is InChI=1S/C16H28N4O/c1-5-13-18-14(17-4)12(3)15(19-13)20-16(10-21)8-6-7-11(2)9-16/h11,21H,5-10H2,1-4H3,(H2,17,18,19,20). The molecule has 3 N–H and O–H groups in total. The van der Waals surface area contributed by atoms with Gasteiger partial charge in [-0.1, -0.05) is 26.7 Å². The maximum Gasteiger partial charge on any atom is 0.135 e. The van der Waals surface area contributed by atoms with Crippen molar-refractivity contribution in [2.75, 3.05) is 24.3 Å². The molecule has 1 aromatic rings. The first-order chi connectivity index (χ1) is 10.0. The minimum atomic E-state index is -0.243.